The van der Waals surface area contributed by atoms with Crippen LogP contribution in [0.1, 0.15) is 18.5 Å². The van der Waals surface area contributed by atoms with Crippen molar-refractivity contribution in [2.24, 2.45) is 10.7 Å². The van der Waals surface area contributed by atoms with Crippen molar-refractivity contribution in [3.63, 3.8) is 0 Å². The molecule has 1 aliphatic heterocycles. The lowest BCUT2D eigenvalue weighted by Gasteiger charge is -2.34. The first-order chi connectivity index (χ1) is 16.4. The number of hydrogen-bond acceptors (Lipinski definition) is 6. The van der Waals surface area contributed by atoms with Crippen molar-refractivity contribution in [1.29, 1.82) is 0 Å². The molecule has 0 saturated heterocycles. The number of amides is 1. The number of nitrogens with two attached hydrogens (primary N) is 1. The number of carbonyl (C=O) groups is 1. The number of benzene rings is 3. The highest BCUT2D eigenvalue weighted by molar-refractivity contribution is 6.31. The molecule has 0 bridgehead atoms. The third kappa shape index (κ3) is 3.88. The smallest absolute Gasteiger partial charge is 0.302 e. The van der Waals surface area contributed by atoms with Gasteiger partial charge in [-0.3, -0.25) is 15.0 Å². The van der Waals surface area contributed by atoms with Gasteiger partial charge in [0.2, 0.25) is 11.9 Å². The van der Waals surface area contributed by atoms with E-state index in [1.807, 2.05) is 24.3 Å². The highest BCUT2D eigenvalue weighted by Gasteiger charge is 2.34. The monoisotopic (exact) mass is 475 g/mol. The molecule has 170 valence electrons. The van der Waals surface area contributed by atoms with Crippen molar-refractivity contribution in [3.05, 3.63) is 100 Å². The van der Waals surface area contributed by atoms with E-state index in [1.54, 1.807) is 48.2 Å². The van der Waals surface area contributed by atoms with E-state index in [0.717, 1.165) is 0 Å². The van der Waals surface area contributed by atoms with Crippen LogP contribution in [0.3, 0.4) is 0 Å². The van der Waals surface area contributed by atoms with Crippen LogP contribution in [0.2, 0.25) is 5.02 Å². The van der Waals surface area contributed by atoms with E-state index in [2.05, 4.69) is 10.3 Å². The predicted octanol–water partition coefficient (Wildman–Crippen LogP) is 5.41. The summed E-state index contributed by atoms with van der Waals surface area (Å²) in [5.41, 5.74) is 9.03. The average Bonchev–Trinajstić information content (AvgIpc) is 3.22. The molecule has 1 aliphatic rings. The molecular formula is C25H19ClFN5O2. The maximum absolute atomic E-state index is 13.7. The Hall–Kier alpha value is -4.17. The Morgan fingerprint density at radius 2 is 1.79 bits per heavy atom. The summed E-state index contributed by atoms with van der Waals surface area (Å²) in [4.78, 5) is 23.5. The summed E-state index contributed by atoms with van der Waals surface area (Å²) < 4.78 is 19.5. The van der Waals surface area contributed by atoms with Crippen molar-refractivity contribution in [1.82, 2.24) is 4.98 Å². The van der Waals surface area contributed by atoms with Gasteiger partial charge >= 0.3 is 6.01 Å². The molecule has 34 heavy (non-hydrogen) atoms. The van der Waals surface area contributed by atoms with Crippen LogP contribution < -0.4 is 16.0 Å². The Balaban J connectivity index is 1.67. The quantitative estimate of drug-likeness (QED) is 0.411. The molecule has 1 atom stereocenters. The number of aliphatic imine (C=N–C) groups is 1. The lowest BCUT2D eigenvalue weighted by molar-refractivity contribution is -0.114. The minimum Gasteiger partial charge on any atom is -0.423 e. The third-order valence-electron chi connectivity index (χ3n) is 5.52. The van der Waals surface area contributed by atoms with E-state index in [0.29, 0.717) is 39.0 Å². The molecule has 1 amide bonds. The maximum Gasteiger partial charge on any atom is 0.302 e. The number of nitrogens with zero attached hydrogens (tertiary/aromatic N) is 3. The molecule has 0 aliphatic carbocycles. The lowest BCUT2D eigenvalue weighted by atomic mass is 9.95. The fourth-order valence-corrected chi connectivity index (χ4v) is 4.21. The van der Waals surface area contributed by atoms with Gasteiger partial charge in [-0.05, 0) is 49.4 Å². The minimum absolute atomic E-state index is 0.209. The number of hydrogen-bond donors (Lipinski definition) is 2. The van der Waals surface area contributed by atoms with Crippen LogP contribution in [0.25, 0.3) is 11.1 Å². The summed E-state index contributed by atoms with van der Waals surface area (Å²) in [5, 5.41) is 3.56. The first-order valence-electron chi connectivity index (χ1n) is 10.4. The Bertz CT molecular complexity index is 1430. The summed E-state index contributed by atoms with van der Waals surface area (Å²) in [5.74, 6) is -0.721. The van der Waals surface area contributed by atoms with Gasteiger partial charge < -0.3 is 10.2 Å². The summed E-state index contributed by atoms with van der Waals surface area (Å²) in [6.07, 6.45) is 0. The summed E-state index contributed by atoms with van der Waals surface area (Å²) in [6.45, 7) is 1.75. The Labute approximate surface area is 199 Å². The number of oxazole rings is 1. The van der Waals surface area contributed by atoms with Crippen LogP contribution in [-0.2, 0) is 4.79 Å². The van der Waals surface area contributed by atoms with E-state index < -0.39 is 17.8 Å². The number of para-hydroxylation sites is 2. The number of halogens is 2. The molecular weight excluding hydrogens is 457 g/mol. The van der Waals surface area contributed by atoms with Crippen molar-refractivity contribution >= 4 is 46.3 Å². The minimum atomic E-state index is -0.769. The molecule has 9 heteroatoms. The second-order valence-corrected chi connectivity index (χ2v) is 8.07. The fraction of sp³-hybridized carbons (Fsp3) is 0.0800. The first-order valence-corrected chi connectivity index (χ1v) is 10.8. The first kappa shape index (κ1) is 21.7. The van der Waals surface area contributed by atoms with Gasteiger partial charge in [0.05, 0.1) is 5.57 Å². The number of allylic oxidation sites excluding steroid dienone is 1. The zero-order chi connectivity index (χ0) is 23.8. The van der Waals surface area contributed by atoms with Crippen molar-refractivity contribution in [2.75, 3.05) is 10.2 Å². The highest BCUT2D eigenvalue weighted by Crippen LogP contribution is 2.39. The van der Waals surface area contributed by atoms with Gasteiger partial charge in [0.25, 0.3) is 0 Å². The molecule has 0 spiro atoms. The number of primary amides is 1. The summed E-state index contributed by atoms with van der Waals surface area (Å²) in [6, 6.07) is 19.7. The number of carbonyl (C=O) groups excluding carboxylic acids is 1. The SMILES string of the molecule is CC1=C(C(N)=O)C(c2ccccc2Cl)N=C(Nc2nc3ccccc3o2)N1c1ccc(F)cc1. The molecule has 1 unspecified atom stereocenters. The Kier molecular flexibility index (Phi) is 5.51. The van der Waals surface area contributed by atoms with Gasteiger partial charge in [0.15, 0.2) is 5.58 Å². The highest BCUT2D eigenvalue weighted by atomic mass is 35.5. The zero-order valence-corrected chi connectivity index (χ0v) is 18.8. The molecule has 3 aromatic carbocycles. The molecule has 0 saturated carbocycles. The van der Waals surface area contributed by atoms with Crippen LogP contribution >= 0.6 is 11.6 Å². The summed E-state index contributed by atoms with van der Waals surface area (Å²) >= 11 is 6.46. The number of nitrogens with one attached hydrogen (secondary N) is 1. The van der Waals surface area contributed by atoms with Crippen LogP contribution in [0.15, 0.2) is 93.5 Å². The van der Waals surface area contributed by atoms with Crippen molar-refractivity contribution < 1.29 is 13.6 Å². The number of anilines is 2. The van der Waals surface area contributed by atoms with Gasteiger partial charge in [-0.1, -0.05) is 41.9 Å². The van der Waals surface area contributed by atoms with E-state index in [9.17, 15) is 9.18 Å². The molecule has 7 nitrogen and oxygen atoms in total. The van der Waals surface area contributed by atoms with Gasteiger partial charge in [0, 0.05) is 22.0 Å². The van der Waals surface area contributed by atoms with E-state index >= 15 is 0 Å². The molecule has 2 heterocycles. The van der Waals surface area contributed by atoms with E-state index in [4.69, 9.17) is 26.7 Å². The van der Waals surface area contributed by atoms with Crippen LogP contribution in [0.4, 0.5) is 16.1 Å². The van der Waals surface area contributed by atoms with Crippen LogP contribution in [0, 0.1) is 5.82 Å². The fourth-order valence-electron chi connectivity index (χ4n) is 3.97. The summed E-state index contributed by atoms with van der Waals surface area (Å²) in [7, 11) is 0. The average molecular weight is 476 g/mol. The molecule has 3 N–H and O–H groups in total. The molecule has 0 fully saturated rings. The Morgan fingerprint density at radius 3 is 2.50 bits per heavy atom. The van der Waals surface area contributed by atoms with Crippen LogP contribution in [-0.4, -0.2) is 16.9 Å². The van der Waals surface area contributed by atoms with Crippen molar-refractivity contribution in [3.8, 4) is 0 Å². The third-order valence-corrected chi connectivity index (χ3v) is 5.87. The zero-order valence-electron chi connectivity index (χ0n) is 18.0. The maximum atomic E-state index is 13.7. The van der Waals surface area contributed by atoms with Gasteiger partial charge in [0.1, 0.15) is 17.4 Å². The lowest BCUT2D eigenvalue weighted by Crippen LogP contribution is -2.41. The van der Waals surface area contributed by atoms with Crippen molar-refractivity contribution in [2.45, 2.75) is 13.0 Å². The number of fused-ring (bicyclic) bond motifs is 1. The number of guanidine groups is 1. The number of rotatable bonds is 4. The topological polar surface area (TPSA) is 96.8 Å². The van der Waals surface area contributed by atoms with Gasteiger partial charge in [-0.2, -0.15) is 4.98 Å². The standard InChI is InChI=1S/C25H19ClFN5O2/c1-14-21(23(28)33)22(17-6-2-3-7-18(17)26)30-24(32(14)16-12-10-15(27)11-13-16)31-25-29-19-8-4-5-9-20(19)34-25/h2-13,22H,1H3,(H2,28,33)(H,29,30,31). The van der Waals surface area contributed by atoms with Gasteiger partial charge in [-0.25, -0.2) is 9.38 Å². The van der Waals surface area contributed by atoms with Gasteiger partial charge in [-0.15, -0.1) is 0 Å². The number of aromatic nitrogens is 1. The predicted molar refractivity (Wildman–Crippen MR) is 130 cm³/mol. The molecule has 1 aromatic heterocycles. The van der Waals surface area contributed by atoms with Crippen LogP contribution in [0.5, 0.6) is 0 Å². The Morgan fingerprint density at radius 1 is 1.09 bits per heavy atom. The normalized spacial score (nSPS) is 16.0. The van der Waals surface area contributed by atoms with E-state index in [-0.39, 0.29) is 11.6 Å². The second kappa shape index (κ2) is 8.64. The van der Waals surface area contributed by atoms with E-state index in [1.165, 1.54) is 12.1 Å². The second-order valence-electron chi connectivity index (χ2n) is 7.66. The molecule has 0 radical (unpaired) electrons. The molecule has 5 rings (SSSR count). The largest absolute Gasteiger partial charge is 0.423 e. The molecule has 4 aromatic rings.